The van der Waals surface area contributed by atoms with Crippen LogP contribution in [0.15, 0.2) is 12.7 Å². The zero-order chi connectivity index (χ0) is 12.6. The van der Waals surface area contributed by atoms with Crippen LogP contribution in [0.5, 0.6) is 0 Å². The van der Waals surface area contributed by atoms with Gasteiger partial charge in [-0.15, -0.1) is 0 Å². The molecule has 0 aromatic heterocycles. The second-order valence-electron chi connectivity index (χ2n) is 5.14. The molecule has 2 aliphatic heterocycles. The maximum Gasteiger partial charge on any atom is 0.184 e. The summed E-state index contributed by atoms with van der Waals surface area (Å²) in [6, 6.07) is 0. The van der Waals surface area contributed by atoms with Gasteiger partial charge in [-0.2, -0.15) is 0 Å². The first kappa shape index (κ1) is 12.0. The molecule has 0 saturated carbocycles. The van der Waals surface area contributed by atoms with Crippen molar-refractivity contribution in [2.24, 2.45) is 7.05 Å². The minimum absolute atomic E-state index is 0.731. The van der Waals surface area contributed by atoms with Crippen LogP contribution in [-0.4, -0.2) is 34.3 Å². The number of rotatable bonds is 3. The number of nitrogens with zero attached hydrogens (tertiary/aromatic N) is 5. The standard InChI is InChI=1S/C11H19N5Si/c1-6-16(17(3,4)5)11-9-10(13-7-12-9)14-8-15(11)2/h7-8H,6H2,1-5H3. The van der Waals surface area contributed by atoms with Crippen molar-refractivity contribution in [2.45, 2.75) is 26.6 Å². The van der Waals surface area contributed by atoms with E-state index in [1.807, 2.05) is 17.9 Å². The van der Waals surface area contributed by atoms with Crippen LogP contribution in [0.2, 0.25) is 19.6 Å². The smallest absolute Gasteiger partial charge is 0.184 e. The first-order valence-electron chi connectivity index (χ1n) is 5.84. The normalized spacial score (nSPS) is 12.1. The fourth-order valence-electron chi connectivity index (χ4n) is 2.14. The van der Waals surface area contributed by atoms with Crippen LogP contribution in [-0.2, 0) is 7.05 Å². The summed E-state index contributed by atoms with van der Waals surface area (Å²) < 4.78 is 4.49. The van der Waals surface area contributed by atoms with Crippen LogP contribution in [0.3, 0.4) is 0 Å². The van der Waals surface area contributed by atoms with Crippen LogP contribution in [0, 0.1) is 0 Å². The van der Waals surface area contributed by atoms with Crippen LogP contribution >= 0.6 is 0 Å². The topological polar surface area (TPSA) is 46.8 Å². The number of imidazole rings is 1. The van der Waals surface area contributed by atoms with E-state index in [0.717, 1.165) is 23.9 Å². The van der Waals surface area contributed by atoms with Crippen molar-refractivity contribution in [3.63, 3.8) is 0 Å². The van der Waals surface area contributed by atoms with Gasteiger partial charge < -0.3 is 9.13 Å². The van der Waals surface area contributed by atoms with Crippen molar-refractivity contribution in [3.8, 4) is 11.5 Å². The van der Waals surface area contributed by atoms with Gasteiger partial charge in [-0.25, -0.2) is 15.0 Å². The summed E-state index contributed by atoms with van der Waals surface area (Å²) in [5, 5.41) is 0. The van der Waals surface area contributed by atoms with E-state index in [0.29, 0.717) is 0 Å². The Hall–Kier alpha value is -1.43. The quantitative estimate of drug-likeness (QED) is 0.780. The molecule has 0 unspecified atom stereocenters. The molecule has 17 heavy (non-hydrogen) atoms. The summed E-state index contributed by atoms with van der Waals surface area (Å²) >= 11 is 0. The molecule has 0 amide bonds. The number of hydrogen-bond donors (Lipinski definition) is 0. The molecule has 0 bridgehead atoms. The van der Waals surface area contributed by atoms with Gasteiger partial charge in [0.15, 0.2) is 5.82 Å². The van der Waals surface area contributed by atoms with Crippen LogP contribution in [0.1, 0.15) is 6.92 Å². The molecule has 0 atom stereocenters. The molecule has 0 aromatic rings. The Morgan fingerprint density at radius 1 is 1.24 bits per heavy atom. The molecule has 92 valence electrons. The second-order valence-corrected chi connectivity index (χ2v) is 10.0. The monoisotopic (exact) mass is 249 g/mol. The molecule has 0 spiro atoms. The molecule has 0 aromatic carbocycles. The molecular formula is C11H19N5Si. The number of aryl methyl sites for hydroxylation is 1. The summed E-state index contributed by atoms with van der Waals surface area (Å²) in [6.45, 7) is 10.2. The fraction of sp³-hybridized carbons (Fsp3) is 0.545. The largest absolute Gasteiger partial charge is 0.383 e. The third-order valence-electron chi connectivity index (χ3n) is 2.86. The van der Waals surface area contributed by atoms with Gasteiger partial charge >= 0.3 is 0 Å². The third-order valence-corrected chi connectivity index (χ3v) is 5.01. The second kappa shape index (κ2) is 4.10. The number of fused-ring (bicyclic) bond motifs is 1. The lowest BCUT2D eigenvalue weighted by Crippen LogP contribution is -2.47. The van der Waals surface area contributed by atoms with Gasteiger partial charge in [-0.3, -0.25) is 0 Å². The van der Waals surface area contributed by atoms with Gasteiger partial charge in [0.2, 0.25) is 0 Å². The van der Waals surface area contributed by atoms with Gasteiger partial charge in [-0.05, 0) is 6.92 Å². The predicted molar refractivity (Wildman–Crippen MR) is 71.8 cm³/mol. The van der Waals surface area contributed by atoms with Crippen molar-refractivity contribution in [2.75, 3.05) is 11.1 Å². The Bertz CT molecular complexity index is 487. The highest BCUT2D eigenvalue weighted by Gasteiger charge is 2.28. The molecule has 0 N–H and O–H groups in total. The highest BCUT2D eigenvalue weighted by Crippen LogP contribution is 2.30. The van der Waals surface area contributed by atoms with Crippen molar-refractivity contribution in [1.29, 1.82) is 0 Å². The van der Waals surface area contributed by atoms with Gasteiger partial charge in [0.25, 0.3) is 0 Å². The van der Waals surface area contributed by atoms with E-state index >= 15 is 0 Å². The maximum absolute atomic E-state index is 4.35. The Balaban J connectivity index is 2.61. The number of anilines is 1. The van der Waals surface area contributed by atoms with E-state index < -0.39 is 8.24 Å². The van der Waals surface area contributed by atoms with Gasteiger partial charge in [0, 0.05) is 13.6 Å². The molecule has 6 heteroatoms. The Morgan fingerprint density at radius 2 is 1.94 bits per heavy atom. The molecule has 0 aliphatic carbocycles. The summed E-state index contributed by atoms with van der Waals surface area (Å²) in [5.74, 6) is 1.86. The zero-order valence-electron chi connectivity index (χ0n) is 11.1. The van der Waals surface area contributed by atoms with E-state index in [4.69, 9.17) is 0 Å². The molecule has 0 fully saturated rings. The van der Waals surface area contributed by atoms with Crippen molar-refractivity contribution in [3.05, 3.63) is 12.7 Å². The van der Waals surface area contributed by atoms with Gasteiger partial charge in [0.05, 0.1) is 6.33 Å². The summed E-state index contributed by atoms with van der Waals surface area (Å²) in [5.41, 5.74) is 0.902. The van der Waals surface area contributed by atoms with E-state index in [9.17, 15) is 0 Å². The molecule has 5 nitrogen and oxygen atoms in total. The van der Waals surface area contributed by atoms with Crippen LogP contribution in [0.25, 0.3) is 11.5 Å². The minimum atomic E-state index is -1.43. The molecule has 2 heterocycles. The summed E-state index contributed by atoms with van der Waals surface area (Å²) in [7, 11) is 0.581. The highest BCUT2D eigenvalue weighted by molar-refractivity contribution is 6.79. The first-order valence-corrected chi connectivity index (χ1v) is 9.29. The zero-order valence-corrected chi connectivity index (χ0v) is 12.1. The SMILES string of the molecule is CCN(c1c2ncnc-2ncn1C)[Si](C)(C)C. The predicted octanol–water partition coefficient (Wildman–Crippen LogP) is 1.98. The lowest BCUT2D eigenvalue weighted by molar-refractivity contribution is 0.828. The van der Waals surface area contributed by atoms with Crippen LogP contribution in [0.4, 0.5) is 5.82 Å². The average molecular weight is 249 g/mol. The van der Waals surface area contributed by atoms with Crippen molar-refractivity contribution in [1.82, 2.24) is 19.5 Å². The van der Waals surface area contributed by atoms with Gasteiger partial charge in [-0.1, -0.05) is 19.6 Å². The Morgan fingerprint density at radius 3 is 2.53 bits per heavy atom. The molecule has 0 saturated heterocycles. The van der Waals surface area contributed by atoms with E-state index in [2.05, 4.69) is 46.1 Å². The van der Waals surface area contributed by atoms with Gasteiger partial charge in [0.1, 0.15) is 26.1 Å². The van der Waals surface area contributed by atoms with Crippen molar-refractivity contribution < 1.29 is 0 Å². The van der Waals surface area contributed by atoms with E-state index in [1.165, 1.54) is 0 Å². The first-order chi connectivity index (χ1) is 7.95. The van der Waals surface area contributed by atoms with Crippen LogP contribution < -0.4 is 4.57 Å². The summed E-state index contributed by atoms with van der Waals surface area (Å²) in [6.07, 6.45) is 3.40. The molecular weight excluding hydrogens is 230 g/mol. The number of aromatic nitrogens is 4. The highest BCUT2D eigenvalue weighted by atomic mass is 28.3. The van der Waals surface area contributed by atoms with Crippen molar-refractivity contribution >= 4 is 14.1 Å². The summed E-state index contributed by atoms with van der Waals surface area (Å²) in [4.78, 5) is 12.8. The molecule has 2 rings (SSSR count). The Kier molecular flexibility index (Phi) is 2.90. The third kappa shape index (κ3) is 2.04. The minimum Gasteiger partial charge on any atom is -0.383 e. The van der Waals surface area contributed by atoms with E-state index in [-0.39, 0.29) is 0 Å². The lowest BCUT2D eigenvalue weighted by Gasteiger charge is -2.36. The Labute approximate surface area is 103 Å². The number of hydrogen-bond acceptors (Lipinski definition) is 4. The molecule has 2 aliphatic rings. The molecule has 0 radical (unpaired) electrons. The average Bonchev–Trinajstić information content (AvgIpc) is 2.68. The maximum atomic E-state index is 4.35. The fourth-order valence-corrected chi connectivity index (χ4v) is 3.98. The lowest BCUT2D eigenvalue weighted by atomic mass is 10.4. The van der Waals surface area contributed by atoms with E-state index in [1.54, 1.807) is 6.33 Å².